The average molecular weight is 325 g/mol. The van der Waals surface area contributed by atoms with E-state index in [0.717, 1.165) is 0 Å². The number of benzene rings is 1. The van der Waals surface area contributed by atoms with Gasteiger partial charge in [0.2, 0.25) is 5.75 Å². The van der Waals surface area contributed by atoms with Crippen LogP contribution in [0.3, 0.4) is 0 Å². The van der Waals surface area contributed by atoms with E-state index in [9.17, 15) is 20.0 Å². The summed E-state index contributed by atoms with van der Waals surface area (Å²) in [5.74, 6) is 0.0121. The number of nitro benzene ring substituents is 1. The normalized spacial score (nSPS) is 20.1. The van der Waals surface area contributed by atoms with Crippen LogP contribution in [0.15, 0.2) is 18.2 Å². The fourth-order valence-corrected chi connectivity index (χ4v) is 2.27. The number of hydrogen-bond donors (Lipinski definition) is 3. The van der Waals surface area contributed by atoms with E-state index in [2.05, 4.69) is 10.6 Å². The second-order valence-corrected chi connectivity index (χ2v) is 5.17. The maximum atomic E-state index is 11.7. The van der Waals surface area contributed by atoms with E-state index in [1.807, 2.05) is 0 Å². The van der Waals surface area contributed by atoms with Gasteiger partial charge in [0.05, 0.1) is 18.1 Å². The Labute approximate surface area is 132 Å². The Morgan fingerprint density at radius 1 is 1.52 bits per heavy atom. The van der Waals surface area contributed by atoms with E-state index in [0.29, 0.717) is 25.4 Å². The third kappa shape index (κ3) is 4.54. The molecule has 1 aromatic rings. The Kier molecular flexibility index (Phi) is 5.72. The van der Waals surface area contributed by atoms with Gasteiger partial charge in [-0.1, -0.05) is 0 Å². The Bertz CT molecular complexity index is 580. The second kappa shape index (κ2) is 7.75. The highest BCUT2D eigenvalue weighted by Crippen LogP contribution is 2.30. The molecule has 1 aliphatic heterocycles. The lowest BCUT2D eigenvalue weighted by Crippen LogP contribution is -2.36. The molecule has 0 spiro atoms. The zero-order valence-corrected chi connectivity index (χ0v) is 12.7. The number of carbonyl (C=O) groups is 1. The number of methoxy groups -OCH3 is 1. The number of aliphatic hydroxyl groups is 1. The van der Waals surface area contributed by atoms with E-state index in [-0.39, 0.29) is 29.9 Å². The van der Waals surface area contributed by atoms with Crippen LogP contribution in [0.25, 0.3) is 0 Å². The monoisotopic (exact) mass is 325 g/mol. The van der Waals surface area contributed by atoms with Crippen molar-refractivity contribution in [1.29, 1.82) is 0 Å². The fraction of sp³-hybridized carbons (Fsp3) is 0.500. The molecule has 2 rings (SSSR count). The van der Waals surface area contributed by atoms with E-state index in [1.54, 1.807) is 0 Å². The van der Waals surface area contributed by atoms with E-state index in [4.69, 9.17) is 9.47 Å². The van der Waals surface area contributed by atoms with E-state index < -0.39 is 11.0 Å². The van der Waals surface area contributed by atoms with Crippen LogP contribution in [-0.4, -0.2) is 55.4 Å². The molecule has 2 atom stereocenters. The van der Waals surface area contributed by atoms with Gasteiger partial charge in [0.25, 0.3) is 5.91 Å². The van der Waals surface area contributed by atoms with Gasteiger partial charge in [0.1, 0.15) is 5.75 Å². The molecular weight excluding hydrogens is 306 g/mol. The number of nitro groups is 1. The van der Waals surface area contributed by atoms with Crippen LogP contribution in [0, 0.1) is 16.0 Å². The van der Waals surface area contributed by atoms with Gasteiger partial charge in [-0.25, -0.2) is 0 Å². The van der Waals surface area contributed by atoms with Crippen molar-refractivity contribution in [2.24, 2.45) is 5.92 Å². The van der Waals surface area contributed by atoms with Crippen molar-refractivity contribution >= 4 is 11.6 Å². The van der Waals surface area contributed by atoms with Gasteiger partial charge in [-0.3, -0.25) is 14.9 Å². The molecule has 1 fully saturated rings. The summed E-state index contributed by atoms with van der Waals surface area (Å²) in [6, 6.07) is 4.02. The topological polar surface area (TPSA) is 123 Å². The molecule has 23 heavy (non-hydrogen) atoms. The molecule has 0 aliphatic carbocycles. The highest BCUT2D eigenvalue weighted by molar-refractivity contribution is 5.77. The largest absolute Gasteiger partial charge is 0.490 e. The number of ether oxygens (including phenoxy) is 2. The molecule has 0 bridgehead atoms. The number of hydrogen-bond acceptors (Lipinski definition) is 7. The minimum Gasteiger partial charge on any atom is -0.490 e. The summed E-state index contributed by atoms with van der Waals surface area (Å²) >= 11 is 0. The van der Waals surface area contributed by atoms with Gasteiger partial charge >= 0.3 is 5.69 Å². The first-order valence-electron chi connectivity index (χ1n) is 7.12. The summed E-state index contributed by atoms with van der Waals surface area (Å²) in [7, 11) is 1.32. The van der Waals surface area contributed by atoms with Crippen molar-refractivity contribution in [3.05, 3.63) is 28.3 Å². The number of carbonyl (C=O) groups excluding carboxylic acids is 1. The third-order valence-corrected chi connectivity index (χ3v) is 3.58. The van der Waals surface area contributed by atoms with Gasteiger partial charge in [-0.05, 0) is 6.07 Å². The molecule has 1 saturated heterocycles. The van der Waals surface area contributed by atoms with Crippen LogP contribution in [0.5, 0.6) is 11.5 Å². The Morgan fingerprint density at radius 2 is 2.30 bits per heavy atom. The Hall–Kier alpha value is -2.39. The average Bonchev–Trinajstić information content (AvgIpc) is 2.95. The molecule has 0 saturated carbocycles. The minimum absolute atomic E-state index is 0.0154. The first kappa shape index (κ1) is 17.0. The van der Waals surface area contributed by atoms with Crippen LogP contribution >= 0.6 is 0 Å². The fourth-order valence-electron chi connectivity index (χ4n) is 2.27. The Morgan fingerprint density at radius 3 is 2.91 bits per heavy atom. The summed E-state index contributed by atoms with van der Waals surface area (Å²) in [6.45, 7) is 1.32. The molecule has 3 N–H and O–H groups in total. The molecule has 2 unspecified atom stereocenters. The molecule has 9 nitrogen and oxygen atoms in total. The highest BCUT2D eigenvalue weighted by Gasteiger charge is 2.25. The van der Waals surface area contributed by atoms with Gasteiger partial charge in [-0.15, -0.1) is 0 Å². The van der Waals surface area contributed by atoms with Gasteiger partial charge in [0, 0.05) is 37.7 Å². The van der Waals surface area contributed by atoms with Gasteiger partial charge < -0.3 is 25.2 Å². The summed E-state index contributed by atoms with van der Waals surface area (Å²) in [5, 5.41) is 26.1. The van der Waals surface area contributed by atoms with Crippen molar-refractivity contribution in [2.75, 3.05) is 33.4 Å². The predicted molar refractivity (Wildman–Crippen MR) is 80.5 cm³/mol. The molecule has 0 aromatic heterocycles. The van der Waals surface area contributed by atoms with Crippen LogP contribution in [0.1, 0.15) is 0 Å². The first-order valence-corrected chi connectivity index (χ1v) is 7.12. The van der Waals surface area contributed by atoms with Crippen LogP contribution in [0.2, 0.25) is 0 Å². The van der Waals surface area contributed by atoms with Crippen molar-refractivity contribution in [1.82, 2.24) is 10.6 Å². The van der Waals surface area contributed by atoms with Gasteiger partial charge in [0.15, 0.2) is 6.61 Å². The lowest BCUT2D eigenvalue weighted by molar-refractivity contribution is -0.385. The molecule has 1 aromatic carbocycles. The highest BCUT2D eigenvalue weighted by atomic mass is 16.6. The van der Waals surface area contributed by atoms with Crippen molar-refractivity contribution in [2.45, 2.75) is 6.10 Å². The van der Waals surface area contributed by atoms with E-state index >= 15 is 0 Å². The number of β-amino-alcohol motifs (C(OH)–C–C–N with tert-alkyl or cyclic N) is 1. The number of rotatable bonds is 7. The maximum Gasteiger partial charge on any atom is 0.311 e. The summed E-state index contributed by atoms with van der Waals surface area (Å²) in [6.07, 6.45) is -0.463. The summed E-state index contributed by atoms with van der Waals surface area (Å²) in [4.78, 5) is 22.0. The SMILES string of the molecule is COc1cc(OCC(=O)NCC2CNCC2O)ccc1[N+](=O)[O-]. The number of nitrogens with zero attached hydrogens (tertiary/aromatic N) is 1. The lowest BCUT2D eigenvalue weighted by atomic mass is 10.1. The van der Waals surface area contributed by atoms with Crippen molar-refractivity contribution < 1.29 is 24.3 Å². The lowest BCUT2D eigenvalue weighted by Gasteiger charge is -2.14. The standard InChI is InChI=1S/C14H19N3O6/c1-22-13-4-10(2-3-11(13)17(20)21)23-8-14(19)16-6-9-5-15-7-12(9)18/h2-4,9,12,15,18H,5-8H2,1H3,(H,16,19). The number of aliphatic hydroxyl groups excluding tert-OH is 1. The first-order chi connectivity index (χ1) is 11.0. The molecule has 9 heteroatoms. The zero-order valence-electron chi connectivity index (χ0n) is 12.7. The van der Waals surface area contributed by atoms with Crippen molar-refractivity contribution in [3.8, 4) is 11.5 Å². The zero-order chi connectivity index (χ0) is 16.8. The van der Waals surface area contributed by atoms with Crippen LogP contribution < -0.4 is 20.1 Å². The quantitative estimate of drug-likeness (QED) is 0.463. The van der Waals surface area contributed by atoms with Crippen LogP contribution in [-0.2, 0) is 4.79 Å². The molecule has 126 valence electrons. The number of amides is 1. The third-order valence-electron chi connectivity index (χ3n) is 3.58. The van der Waals surface area contributed by atoms with E-state index in [1.165, 1.54) is 25.3 Å². The summed E-state index contributed by atoms with van der Waals surface area (Å²) in [5.41, 5.74) is -0.174. The Balaban J connectivity index is 1.83. The molecule has 1 amide bonds. The molecule has 1 aliphatic rings. The molecule has 1 heterocycles. The summed E-state index contributed by atoms with van der Waals surface area (Å²) < 4.78 is 10.2. The molecular formula is C14H19N3O6. The predicted octanol–water partition coefficient (Wildman–Crippen LogP) is -0.321. The van der Waals surface area contributed by atoms with Crippen molar-refractivity contribution in [3.63, 3.8) is 0 Å². The minimum atomic E-state index is -0.559. The molecule has 0 radical (unpaired) electrons. The van der Waals surface area contributed by atoms with Crippen LogP contribution in [0.4, 0.5) is 5.69 Å². The van der Waals surface area contributed by atoms with Gasteiger partial charge in [-0.2, -0.15) is 0 Å². The maximum absolute atomic E-state index is 11.7. The smallest absolute Gasteiger partial charge is 0.311 e. The number of nitrogens with one attached hydrogen (secondary N) is 2. The second-order valence-electron chi connectivity index (χ2n) is 5.17.